The lowest BCUT2D eigenvalue weighted by Crippen LogP contribution is -2.07. The van der Waals surface area contributed by atoms with E-state index in [2.05, 4.69) is 59.7 Å². The second-order valence-corrected chi connectivity index (χ2v) is 5.27. The van der Waals surface area contributed by atoms with E-state index >= 15 is 0 Å². The molecular formula is C15H24O. The highest BCUT2D eigenvalue weighted by Crippen LogP contribution is 2.29. The second kappa shape index (κ2) is 5.38. The normalized spacial score (nSPS) is 11.6. The number of ether oxygens (including phenoxy) is 1. The van der Waals surface area contributed by atoms with Gasteiger partial charge in [0.05, 0.1) is 6.10 Å². The van der Waals surface area contributed by atoms with Gasteiger partial charge in [0.15, 0.2) is 0 Å². The van der Waals surface area contributed by atoms with Crippen molar-refractivity contribution in [3.05, 3.63) is 29.3 Å². The summed E-state index contributed by atoms with van der Waals surface area (Å²) in [6, 6.07) is 6.49. The minimum atomic E-state index is 0.241. The third kappa shape index (κ3) is 3.26. The lowest BCUT2D eigenvalue weighted by Gasteiger charge is -2.18. The van der Waals surface area contributed by atoms with Gasteiger partial charge in [-0.2, -0.15) is 0 Å². The molecule has 90 valence electrons. The van der Waals surface area contributed by atoms with Crippen LogP contribution in [0.5, 0.6) is 5.75 Å². The van der Waals surface area contributed by atoms with E-state index in [1.165, 1.54) is 11.1 Å². The fourth-order valence-electron chi connectivity index (χ4n) is 1.92. The summed E-state index contributed by atoms with van der Waals surface area (Å²) in [6.45, 7) is 13.1. The molecule has 1 heteroatoms. The average molecular weight is 220 g/mol. The monoisotopic (exact) mass is 220 g/mol. The van der Waals surface area contributed by atoms with Crippen LogP contribution >= 0.6 is 0 Å². The first kappa shape index (κ1) is 13.1. The molecule has 0 aliphatic heterocycles. The van der Waals surface area contributed by atoms with Gasteiger partial charge in [-0.05, 0) is 48.9 Å². The number of benzene rings is 1. The Bertz CT molecular complexity index is 337. The lowest BCUT2D eigenvalue weighted by atomic mass is 9.90. The molecule has 0 saturated carbocycles. The fourth-order valence-corrected chi connectivity index (χ4v) is 1.92. The number of hydrogen-bond acceptors (Lipinski definition) is 1. The Kier molecular flexibility index (Phi) is 4.40. The molecular weight excluding hydrogens is 196 g/mol. The maximum atomic E-state index is 5.74. The van der Waals surface area contributed by atoms with Crippen LogP contribution in [0.25, 0.3) is 0 Å². The molecule has 0 spiro atoms. The van der Waals surface area contributed by atoms with E-state index in [1.807, 2.05) is 0 Å². The zero-order valence-corrected chi connectivity index (χ0v) is 11.4. The van der Waals surface area contributed by atoms with Crippen LogP contribution in [0.4, 0.5) is 0 Å². The molecule has 0 aliphatic rings. The van der Waals surface area contributed by atoms with Crippen molar-refractivity contribution >= 4 is 0 Å². The quantitative estimate of drug-likeness (QED) is 0.713. The van der Waals surface area contributed by atoms with Crippen molar-refractivity contribution in [3.63, 3.8) is 0 Å². The van der Waals surface area contributed by atoms with Crippen molar-refractivity contribution in [2.75, 3.05) is 0 Å². The van der Waals surface area contributed by atoms with Gasteiger partial charge in [-0.1, -0.05) is 33.8 Å². The Labute approximate surface area is 99.8 Å². The second-order valence-electron chi connectivity index (χ2n) is 5.27. The maximum absolute atomic E-state index is 5.74. The standard InChI is InChI=1S/C15H24O/c1-10(2)14-8-7-13(16-12(5)6)9-15(14)11(3)4/h7-12H,1-6H3. The van der Waals surface area contributed by atoms with E-state index in [0.717, 1.165) is 5.75 Å². The molecule has 0 aromatic heterocycles. The minimum absolute atomic E-state index is 0.241. The number of rotatable bonds is 4. The Morgan fingerprint density at radius 2 is 1.38 bits per heavy atom. The van der Waals surface area contributed by atoms with Crippen molar-refractivity contribution in [2.24, 2.45) is 0 Å². The Balaban J connectivity index is 3.07. The topological polar surface area (TPSA) is 9.23 Å². The van der Waals surface area contributed by atoms with E-state index in [-0.39, 0.29) is 6.10 Å². The van der Waals surface area contributed by atoms with Crippen molar-refractivity contribution in [1.29, 1.82) is 0 Å². The summed E-state index contributed by atoms with van der Waals surface area (Å²) < 4.78 is 5.74. The molecule has 0 amide bonds. The van der Waals surface area contributed by atoms with Gasteiger partial charge < -0.3 is 4.74 Å². The average Bonchev–Trinajstić information content (AvgIpc) is 2.16. The van der Waals surface area contributed by atoms with Crippen LogP contribution in [0, 0.1) is 0 Å². The molecule has 0 aliphatic carbocycles. The summed E-state index contributed by atoms with van der Waals surface area (Å²) >= 11 is 0. The van der Waals surface area contributed by atoms with E-state index in [4.69, 9.17) is 4.74 Å². The van der Waals surface area contributed by atoms with E-state index < -0.39 is 0 Å². The molecule has 0 fully saturated rings. The van der Waals surface area contributed by atoms with Crippen LogP contribution in [-0.4, -0.2) is 6.10 Å². The Morgan fingerprint density at radius 1 is 0.812 bits per heavy atom. The van der Waals surface area contributed by atoms with Gasteiger partial charge in [-0.25, -0.2) is 0 Å². The van der Waals surface area contributed by atoms with Crippen LogP contribution in [-0.2, 0) is 0 Å². The van der Waals surface area contributed by atoms with Gasteiger partial charge in [-0.15, -0.1) is 0 Å². The van der Waals surface area contributed by atoms with E-state index in [0.29, 0.717) is 11.8 Å². The van der Waals surface area contributed by atoms with Gasteiger partial charge in [-0.3, -0.25) is 0 Å². The molecule has 0 saturated heterocycles. The molecule has 0 radical (unpaired) electrons. The Hall–Kier alpha value is -0.980. The summed E-state index contributed by atoms with van der Waals surface area (Å²) in [5.41, 5.74) is 2.85. The molecule has 0 atom stereocenters. The lowest BCUT2D eigenvalue weighted by molar-refractivity contribution is 0.242. The van der Waals surface area contributed by atoms with Crippen LogP contribution in [0.15, 0.2) is 18.2 Å². The summed E-state index contributed by atoms with van der Waals surface area (Å²) in [5.74, 6) is 2.11. The SMILES string of the molecule is CC(C)Oc1ccc(C(C)C)c(C(C)C)c1. The first-order valence-electron chi connectivity index (χ1n) is 6.22. The first-order valence-corrected chi connectivity index (χ1v) is 6.22. The Morgan fingerprint density at radius 3 is 1.81 bits per heavy atom. The fraction of sp³-hybridized carbons (Fsp3) is 0.600. The zero-order valence-electron chi connectivity index (χ0n) is 11.4. The van der Waals surface area contributed by atoms with Gasteiger partial charge >= 0.3 is 0 Å². The third-order valence-corrected chi connectivity index (χ3v) is 2.67. The smallest absolute Gasteiger partial charge is 0.119 e. The predicted molar refractivity (Wildman–Crippen MR) is 70.4 cm³/mol. The maximum Gasteiger partial charge on any atom is 0.119 e. The molecule has 0 N–H and O–H groups in total. The van der Waals surface area contributed by atoms with Crippen LogP contribution < -0.4 is 4.74 Å². The van der Waals surface area contributed by atoms with E-state index in [1.54, 1.807) is 0 Å². The molecule has 1 aromatic rings. The van der Waals surface area contributed by atoms with Gasteiger partial charge in [0.1, 0.15) is 5.75 Å². The van der Waals surface area contributed by atoms with Crippen molar-refractivity contribution in [2.45, 2.75) is 59.5 Å². The molecule has 0 bridgehead atoms. The molecule has 1 nitrogen and oxygen atoms in total. The molecule has 0 heterocycles. The first-order chi connectivity index (χ1) is 7.41. The van der Waals surface area contributed by atoms with E-state index in [9.17, 15) is 0 Å². The van der Waals surface area contributed by atoms with Crippen molar-refractivity contribution in [1.82, 2.24) is 0 Å². The highest BCUT2D eigenvalue weighted by molar-refractivity contribution is 5.39. The summed E-state index contributed by atoms with van der Waals surface area (Å²) in [6.07, 6.45) is 0.241. The van der Waals surface area contributed by atoms with Gasteiger partial charge in [0.25, 0.3) is 0 Å². The van der Waals surface area contributed by atoms with Crippen molar-refractivity contribution < 1.29 is 4.74 Å². The largest absolute Gasteiger partial charge is 0.491 e. The summed E-state index contributed by atoms with van der Waals surface area (Å²) in [4.78, 5) is 0. The third-order valence-electron chi connectivity index (χ3n) is 2.67. The zero-order chi connectivity index (χ0) is 12.3. The van der Waals surface area contributed by atoms with Crippen LogP contribution in [0.1, 0.15) is 64.5 Å². The van der Waals surface area contributed by atoms with Gasteiger partial charge in [0, 0.05) is 0 Å². The predicted octanol–water partition coefficient (Wildman–Crippen LogP) is 4.72. The molecule has 1 rings (SSSR count). The number of hydrogen-bond donors (Lipinski definition) is 0. The van der Waals surface area contributed by atoms with Crippen molar-refractivity contribution in [3.8, 4) is 5.75 Å². The molecule has 1 aromatic carbocycles. The molecule has 0 unspecified atom stereocenters. The summed E-state index contributed by atoms with van der Waals surface area (Å²) in [5, 5.41) is 0. The highest BCUT2D eigenvalue weighted by atomic mass is 16.5. The van der Waals surface area contributed by atoms with Crippen LogP contribution in [0.3, 0.4) is 0 Å². The summed E-state index contributed by atoms with van der Waals surface area (Å²) in [7, 11) is 0. The van der Waals surface area contributed by atoms with Gasteiger partial charge in [0.2, 0.25) is 0 Å². The molecule has 16 heavy (non-hydrogen) atoms. The van der Waals surface area contributed by atoms with Crippen LogP contribution in [0.2, 0.25) is 0 Å². The minimum Gasteiger partial charge on any atom is -0.491 e. The highest BCUT2D eigenvalue weighted by Gasteiger charge is 2.11.